The van der Waals surface area contributed by atoms with E-state index in [0.717, 1.165) is 35.2 Å². The van der Waals surface area contributed by atoms with Gasteiger partial charge in [-0.15, -0.1) is 0 Å². The van der Waals surface area contributed by atoms with Crippen LogP contribution in [0.15, 0.2) is 43.0 Å². The summed E-state index contributed by atoms with van der Waals surface area (Å²) in [5.74, 6) is 1.45. The average molecular weight is 268 g/mol. The molecule has 0 amide bonds. The fourth-order valence-corrected chi connectivity index (χ4v) is 2.15. The summed E-state index contributed by atoms with van der Waals surface area (Å²) in [5.41, 5.74) is 6.68. The molecule has 0 unspecified atom stereocenters. The van der Waals surface area contributed by atoms with Crippen molar-refractivity contribution in [3.05, 3.63) is 43.0 Å². The van der Waals surface area contributed by atoms with E-state index < -0.39 is 0 Å². The summed E-state index contributed by atoms with van der Waals surface area (Å²) in [6, 6.07) is 5.59. The van der Waals surface area contributed by atoms with Crippen LogP contribution in [0, 0.1) is 0 Å². The molecule has 0 aliphatic heterocycles. The third-order valence-corrected chi connectivity index (χ3v) is 3.10. The highest BCUT2D eigenvalue weighted by Gasteiger charge is 2.07. The zero-order valence-corrected chi connectivity index (χ0v) is 11.3. The molecule has 2 N–H and O–H groups in total. The van der Waals surface area contributed by atoms with Crippen LogP contribution in [0.2, 0.25) is 0 Å². The number of aromatic nitrogens is 3. The van der Waals surface area contributed by atoms with E-state index in [0.29, 0.717) is 5.75 Å². The average Bonchev–Trinajstić information content (AvgIpc) is 2.90. The number of pyridine rings is 1. The zero-order valence-electron chi connectivity index (χ0n) is 11.3. The van der Waals surface area contributed by atoms with E-state index in [1.54, 1.807) is 18.6 Å². The van der Waals surface area contributed by atoms with Crippen molar-refractivity contribution in [3.63, 3.8) is 0 Å². The zero-order chi connectivity index (χ0) is 13.9. The van der Waals surface area contributed by atoms with Crippen LogP contribution in [0.25, 0.3) is 10.8 Å². The van der Waals surface area contributed by atoms with Gasteiger partial charge in [-0.05, 0) is 24.6 Å². The highest BCUT2D eigenvalue weighted by molar-refractivity contribution is 5.96. The minimum absolute atomic E-state index is 0.716. The summed E-state index contributed by atoms with van der Waals surface area (Å²) in [4.78, 5) is 4.13. The van der Waals surface area contributed by atoms with Crippen LogP contribution in [0.1, 0.15) is 13.3 Å². The van der Waals surface area contributed by atoms with Crippen molar-refractivity contribution >= 4 is 16.5 Å². The Bertz CT molecular complexity index is 736. The van der Waals surface area contributed by atoms with Crippen molar-refractivity contribution in [3.8, 4) is 11.5 Å². The predicted molar refractivity (Wildman–Crippen MR) is 78.7 cm³/mol. The van der Waals surface area contributed by atoms with Crippen molar-refractivity contribution in [1.82, 2.24) is 14.8 Å². The molecule has 0 saturated heterocycles. The fourth-order valence-electron chi connectivity index (χ4n) is 2.15. The topological polar surface area (TPSA) is 66.0 Å². The number of hydrogen-bond donors (Lipinski definition) is 1. The van der Waals surface area contributed by atoms with Crippen LogP contribution < -0.4 is 10.5 Å². The number of hydrogen-bond acceptors (Lipinski definition) is 4. The molecule has 5 nitrogen and oxygen atoms in total. The molecular weight excluding hydrogens is 252 g/mol. The Labute approximate surface area is 117 Å². The number of aryl methyl sites for hydroxylation is 1. The number of fused-ring (bicyclic) bond motifs is 1. The van der Waals surface area contributed by atoms with Crippen molar-refractivity contribution in [2.24, 2.45) is 0 Å². The summed E-state index contributed by atoms with van der Waals surface area (Å²) in [7, 11) is 0. The summed E-state index contributed by atoms with van der Waals surface area (Å²) in [5, 5.41) is 6.09. The lowest BCUT2D eigenvalue weighted by atomic mass is 10.1. The third-order valence-electron chi connectivity index (χ3n) is 3.10. The molecule has 2 aromatic heterocycles. The largest absolute Gasteiger partial charge is 0.453 e. The highest BCUT2D eigenvalue weighted by atomic mass is 16.5. The van der Waals surface area contributed by atoms with E-state index in [9.17, 15) is 0 Å². The van der Waals surface area contributed by atoms with Gasteiger partial charge in [0.1, 0.15) is 5.75 Å². The van der Waals surface area contributed by atoms with Crippen molar-refractivity contribution in [1.29, 1.82) is 0 Å². The molecule has 20 heavy (non-hydrogen) atoms. The van der Waals surface area contributed by atoms with Gasteiger partial charge in [0.05, 0.1) is 12.4 Å². The monoisotopic (exact) mass is 268 g/mol. The molecule has 3 aromatic rings. The summed E-state index contributed by atoms with van der Waals surface area (Å²) in [6.07, 6.45) is 8.13. The molecule has 2 heterocycles. The lowest BCUT2D eigenvalue weighted by Gasteiger charge is -2.08. The molecule has 3 rings (SSSR count). The number of anilines is 1. The SMILES string of the molecule is CCCn1cc(Oc2ccc(N)c3ccncc23)cn1. The number of nitrogen functional groups attached to an aromatic ring is 1. The number of benzene rings is 1. The Balaban J connectivity index is 1.96. The number of nitrogens with zero attached hydrogens (tertiary/aromatic N) is 3. The van der Waals surface area contributed by atoms with Gasteiger partial charge in [0.25, 0.3) is 0 Å². The van der Waals surface area contributed by atoms with E-state index in [4.69, 9.17) is 10.5 Å². The Kier molecular flexibility index (Phi) is 3.25. The maximum atomic E-state index is 5.96. The quantitative estimate of drug-likeness (QED) is 0.738. The normalized spacial score (nSPS) is 10.8. The Morgan fingerprint density at radius 1 is 1.20 bits per heavy atom. The van der Waals surface area contributed by atoms with Crippen molar-refractivity contribution in [2.75, 3.05) is 5.73 Å². The first-order chi connectivity index (χ1) is 9.78. The number of ether oxygens (including phenoxy) is 1. The van der Waals surface area contributed by atoms with Crippen molar-refractivity contribution < 1.29 is 4.74 Å². The fraction of sp³-hybridized carbons (Fsp3) is 0.200. The second kappa shape index (κ2) is 5.21. The molecular formula is C15H16N4O. The van der Waals surface area contributed by atoms with Crippen LogP contribution in [0.5, 0.6) is 11.5 Å². The van der Waals surface area contributed by atoms with E-state index in [-0.39, 0.29) is 0 Å². The van der Waals surface area contributed by atoms with Crippen molar-refractivity contribution in [2.45, 2.75) is 19.9 Å². The predicted octanol–water partition coefficient (Wildman–Crippen LogP) is 3.22. The second-order valence-corrected chi connectivity index (χ2v) is 4.62. The minimum Gasteiger partial charge on any atom is -0.453 e. The lowest BCUT2D eigenvalue weighted by molar-refractivity contribution is 0.486. The standard InChI is InChI=1S/C15H16N4O/c1-2-7-19-10-11(8-18-19)20-15-4-3-14(16)12-5-6-17-9-13(12)15/h3-6,8-10H,2,7,16H2,1H3. The van der Waals surface area contributed by atoms with Gasteiger partial charge in [-0.2, -0.15) is 5.10 Å². The van der Waals surface area contributed by atoms with Gasteiger partial charge in [0, 0.05) is 35.4 Å². The molecule has 0 aliphatic rings. The summed E-state index contributed by atoms with van der Waals surface area (Å²) >= 11 is 0. The molecule has 0 radical (unpaired) electrons. The smallest absolute Gasteiger partial charge is 0.165 e. The maximum absolute atomic E-state index is 5.96. The minimum atomic E-state index is 0.716. The molecule has 102 valence electrons. The maximum Gasteiger partial charge on any atom is 0.165 e. The van der Waals surface area contributed by atoms with Gasteiger partial charge in [-0.3, -0.25) is 9.67 Å². The third kappa shape index (κ3) is 2.30. The molecule has 0 spiro atoms. The van der Waals surface area contributed by atoms with Crippen LogP contribution in [0.4, 0.5) is 5.69 Å². The molecule has 5 heteroatoms. The molecule has 0 fully saturated rings. The van der Waals surface area contributed by atoms with Crippen LogP contribution in [0.3, 0.4) is 0 Å². The number of nitrogens with two attached hydrogens (primary N) is 1. The van der Waals surface area contributed by atoms with Gasteiger partial charge in [0.2, 0.25) is 0 Å². The molecule has 0 saturated carbocycles. The summed E-state index contributed by atoms with van der Waals surface area (Å²) in [6.45, 7) is 2.99. The van der Waals surface area contributed by atoms with Gasteiger partial charge in [-0.25, -0.2) is 0 Å². The molecule has 0 bridgehead atoms. The molecule has 0 atom stereocenters. The number of rotatable bonds is 4. The Hall–Kier alpha value is -2.56. The molecule has 0 aliphatic carbocycles. The van der Waals surface area contributed by atoms with Gasteiger partial charge in [-0.1, -0.05) is 6.92 Å². The molecule has 1 aromatic carbocycles. The second-order valence-electron chi connectivity index (χ2n) is 4.62. The van der Waals surface area contributed by atoms with Crippen LogP contribution in [-0.4, -0.2) is 14.8 Å². The Morgan fingerprint density at radius 3 is 2.95 bits per heavy atom. The van der Waals surface area contributed by atoms with Gasteiger partial charge in [0.15, 0.2) is 5.75 Å². The van der Waals surface area contributed by atoms with Gasteiger partial charge < -0.3 is 10.5 Å². The first-order valence-electron chi connectivity index (χ1n) is 6.60. The van der Waals surface area contributed by atoms with E-state index in [1.165, 1.54) is 0 Å². The highest BCUT2D eigenvalue weighted by Crippen LogP contribution is 2.32. The van der Waals surface area contributed by atoms with Gasteiger partial charge >= 0.3 is 0 Å². The Morgan fingerprint density at radius 2 is 2.10 bits per heavy atom. The van der Waals surface area contributed by atoms with Crippen LogP contribution in [-0.2, 0) is 6.54 Å². The van der Waals surface area contributed by atoms with Crippen LogP contribution >= 0.6 is 0 Å². The first-order valence-corrected chi connectivity index (χ1v) is 6.60. The lowest BCUT2D eigenvalue weighted by Crippen LogP contribution is -1.95. The van der Waals surface area contributed by atoms with E-state index in [2.05, 4.69) is 17.0 Å². The van der Waals surface area contributed by atoms with E-state index >= 15 is 0 Å². The summed E-state index contributed by atoms with van der Waals surface area (Å²) < 4.78 is 7.76. The van der Waals surface area contributed by atoms with E-state index in [1.807, 2.05) is 29.1 Å². The first kappa shape index (κ1) is 12.5.